The third kappa shape index (κ3) is 3.66. The van der Waals surface area contributed by atoms with Gasteiger partial charge in [-0.1, -0.05) is 6.92 Å². The zero-order valence-corrected chi connectivity index (χ0v) is 12.7. The molecule has 1 aromatic heterocycles. The highest BCUT2D eigenvalue weighted by atomic mass is 16.5. The van der Waals surface area contributed by atoms with Crippen LogP contribution in [0.3, 0.4) is 0 Å². The van der Waals surface area contributed by atoms with Crippen molar-refractivity contribution in [2.75, 3.05) is 39.4 Å². The lowest BCUT2D eigenvalue weighted by Crippen LogP contribution is -2.40. The second-order valence-electron chi connectivity index (χ2n) is 6.13. The van der Waals surface area contributed by atoms with E-state index in [1.165, 1.54) is 12.8 Å². The molecule has 0 spiro atoms. The van der Waals surface area contributed by atoms with Crippen molar-refractivity contribution in [3.05, 3.63) is 23.7 Å². The van der Waals surface area contributed by atoms with Crippen molar-refractivity contribution in [2.45, 2.75) is 26.3 Å². The van der Waals surface area contributed by atoms with Crippen LogP contribution in [0.15, 0.2) is 16.5 Å². The molecule has 0 bridgehead atoms. The van der Waals surface area contributed by atoms with E-state index in [9.17, 15) is 4.79 Å². The SMILES string of the molecule is CC1CCN(Cc2ccc(C(=O)N3CCOCC3)o2)CC1. The lowest BCUT2D eigenvalue weighted by molar-refractivity contribution is 0.0280. The Balaban J connectivity index is 1.56. The standard InChI is InChI=1S/C16H24N2O3/c1-13-4-6-17(7-5-13)12-14-2-3-15(21-14)16(19)18-8-10-20-11-9-18/h2-3,13H,4-12H2,1H3. The summed E-state index contributed by atoms with van der Waals surface area (Å²) >= 11 is 0. The third-order valence-corrected chi connectivity index (χ3v) is 4.43. The summed E-state index contributed by atoms with van der Waals surface area (Å²) in [5, 5.41) is 0. The lowest BCUT2D eigenvalue weighted by Gasteiger charge is -2.29. The van der Waals surface area contributed by atoms with Crippen LogP contribution in [0.25, 0.3) is 0 Å². The Hall–Kier alpha value is -1.33. The number of carbonyl (C=O) groups is 1. The maximum atomic E-state index is 12.3. The van der Waals surface area contributed by atoms with E-state index in [-0.39, 0.29) is 5.91 Å². The first-order valence-corrected chi connectivity index (χ1v) is 7.90. The first-order valence-electron chi connectivity index (χ1n) is 7.90. The predicted octanol–water partition coefficient (Wildman–Crippen LogP) is 1.98. The highest BCUT2D eigenvalue weighted by Crippen LogP contribution is 2.19. The first kappa shape index (κ1) is 14.6. The van der Waals surface area contributed by atoms with Crippen molar-refractivity contribution in [3.63, 3.8) is 0 Å². The molecule has 2 aliphatic rings. The van der Waals surface area contributed by atoms with Crippen LogP contribution < -0.4 is 0 Å². The van der Waals surface area contributed by atoms with Crippen molar-refractivity contribution in [1.82, 2.24) is 9.80 Å². The maximum absolute atomic E-state index is 12.3. The fraction of sp³-hybridized carbons (Fsp3) is 0.688. The van der Waals surface area contributed by atoms with Gasteiger partial charge in [-0.2, -0.15) is 0 Å². The molecule has 5 heteroatoms. The summed E-state index contributed by atoms with van der Waals surface area (Å²) < 4.78 is 11.0. The molecule has 2 aliphatic heterocycles. The van der Waals surface area contributed by atoms with E-state index in [0.717, 1.165) is 31.3 Å². The van der Waals surface area contributed by atoms with Gasteiger partial charge in [0.2, 0.25) is 0 Å². The van der Waals surface area contributed by atoms with Crippen molar-refractivity contribution >= 4 is 5.91 Å². The van der Waals surface area contributed by atoms with Gasteiger partial charge in [-0.05, 0) is 44.0 Å². The molecule has 0 saturated carbocycles. The number of hydrogen-bond donors (Lipinski definition) is 0. The predicted molar refractivity (Wildman–Crippen MR) is 79.1 cm³/mol. The largest absolute Gasteiger partial charge is 0.455 e. The molecule has 2 fully saturated rings. The van der Waals surface area contributed by atoms with E-state index in [2.05, 4.69) is 11.8 Å². The summed E-state index contributed by atoms with van der Waals surface area (Å²) in [6, 6.07) is 3.74. The number of hydrogen-bond acceptors (Lipinski definition) is 4. The van der Waals surface area contributed by atoms with Crippen LogP contribution in [0.1, 0.15) is 36.1 Å². The highest BCUT2D eigenvalue weighted by molar-refractivity contribution is 5.91. The van der Waals surface area contributed by atoms with E-state index in [1.54, 1.807) is 11.0 Å². The van der Waals surface area contributed by atoms with E-state index in [0.29, 0.717) is 32.1 Å². The number of nitrogens with zero attached hydrogens (tertiary/aromatic N) is 2. The number of amides is 1. The Bertz CT molecular complexity index is 472. The van der Waals surface area contributed by atoms with Gasteiger partial charge < -0.3 is 14.1 Å². The van der Waals surface area contributed by atoms with E-state index < -0.39 is 0 Å². The molecule has 0 unspecified atom stereocenters. The van der Waals surface area contributed by atoms with Gasteiger partial charge in [-0.15, -0.1) is 0 Å². The number of rotatable bonds is 3. The van der Waals surface area contributed by atoms with E-state index in [4.69, 9.17) is 9.15 Å². The molecule has 2 saturated heterocycles. The third-order valence-electron chi connectivity index (χ3n) is 4.43. The summed E-state index contributed by atoms with van der Waals surface area (Å²) in [6.07, 6.45) is 2.50. The van der Waals surface area contributed by atoms with Crippen LogP contribution in [0.4, 0.5) is 0 Å². The van der Waals surface area contributed by atoms with Crippen molar-refractivity contribution in [2.24, 2.45) is 5.92 Å². The molecule has 1 amide bonds. The quantitative estimate of drug-likeness (QED) is 0.854. The fourth-order valence-electron chi connectivity index (χ4n) is 2.94. The molecule has 0 atom stereocenters. The van der Waals surface area contributed by atoms with Crippen molar-refractivity contribution < 1.29 is 13.9 Å². The fourth-order valence-corrected chi connectivity index (χ4v) is 2.94. The number of piperidine rings is 1. The highest BCUT2D eigenvalue weighted by Gasteiger charge is 2.22. The number of likely N-dealkylation sites (tertiary alicyclic amines) is 1. The molecular weight excluding hydrogens is 268 g/mol. The maximum Gasteiger partial charge on any atom is 0.289 e. The summed E-state index contributed by atoms with van der Waals surface area (Å²) in [7, 11) is 0. The van der Waals surface area contributed by atoms with Gasteiger partial charge in [-0.3, -0.25) is 9.69 Å². The van der Waals surface area contributed by atoms with Crippen LogP contribution in [0.5, 0.6) is 0 Å². The van der Waals surface area contributed by atoms with Crippen LogP contribution in [0.2, 0.25) is 0 Å². The zero-order valence-electron chi connectivity index (χ0n) is 12.7. The molecule has 1 aromatic rings. The molecule has 3 heterocycles. The van der Waals surface area contributed by atoms with Gasteiger partial charge in [0.05, 0.1) is 19.8 Å². The minimum atomic E-state index is -0.0168. The minimum absolute atomic E-state index is 0.0168. The lowest BCUT2D eigenvalue weighted by atomic mass is 9.99. The topological polar surface area (TPSA) is 45.9 Å². The Morgan fingerprint density at radius 1 is 1.19 bits per heavy atom. The molecule has 3 rings (SSSR count). The second kappa shape index (κ2) is 6.62. The molecule has 21 heavy (non-hydrogen) atoms. The van der Waals surface area contributed by atoms with Crippen molar-refractivity contribution in [1.29, 1.82) is 0 Å². The first-order chi connectivity index (χ1) is 10.2. The number of carbonyl (C=O) groups excluding carboxylic acids is 1. The molecule has 0 N–H and O–H groups in total. The number of ether oxygens (including phenoxy) is 1. The smallest absolute Gasteiger partial charge is 0.289 e. The number of furan rings is 1. The molecule has 0 aromatic carbocycles. The normalized spacial score (nSPS) is 21.7. The zero-order chi connectivity index (χ0) is 14.7. The van der Waals surface area contributed by atoms with Gasteiger partial charge >= 0.3 is 0 Å². The van der Waals surface area contributed by atoms with E-state index in [1.807, 2.05) is 6.07 Å². The monoisotopic (exact) mass is 292 g/mol. The Morgan fingerprint density at radius 3 is 2.62 bits per heavy atom. The molecule has 0 aliphatic carbocycles. The van der Waals surface area contributed by atoms with E-state index >= 15 is 0 Å². The average molecular weight is 292 g/mol. The van der Waals surface area contributed by atoms with Crippen LogP contribution >= 0.6 is 0 Å². The summed E-state index contributed by atoms with van der Waals surface area (Å²) in [5.74, 6) is 2.16. The second-order valence-corrected chi connectivity index (χ2v) is 6.13. The molecule has 0 radical (unpaired) electrons. The summed E-state index contributed by atoms with van der Waals surface area (Å²) in [5.41, 5.74) is 0. The summed E-state index contributed by atoms with van der Waals surface area (Å²) in [4.78, 5) is 16.5. The molecular formula is C16H24N2O3. The van der Waals surface area contributed by atoms with Crippen LogP contribution in [-0.4, -0.2) is 55.1 Å². The van der Waals surface area contributed by atoms with Gasteiger partial charge in [0.25, 0.3) is 5.91 Å². The van der Waals surface area contributed by atoms with Crippen molar-refractivity contribution in [3.8, 4) is 0 Å². The molecule has 116 valence electrons. The minimum Gasteiger partial charge on any atom is -0.455 e. The van der Waals surface area contributed by atoms with Gasteiger partial charge in [0.15, 0.2) is 5.76 Å². The average Bonchev–Trinajstić information content (AvgIpc) is 2.98. The van der Waals surface area contributed by atoms with Gasteiger partial charge in [-0.25, -0.2) is 0 Å². The number of morpholine rings is 1. The van der Waals surface area contributed by atoms with Gasteiger partial charge in [0, 0.05) is 13.1 Å². The van der Waals surface area contributed by atoms with Crippen LogP contribution in [0, 0.1) is 5.92 Å². The molecule has 5 nitrogen and oxygen atoms in total. The van der Waals surface area contributed by atoms with Gasteiger partial charge in [0.1, 0.15) is 5.76 Å². The Labute approximate surface area is 125 Å². The Kier molecular flexibility index (Phi) is 4.60. The van der Waals surface area contributed by atoms with Crippen LogP contribution in [-0.2, 0) is 11.3 Å². The Morgan fingerprint density at radius 2 is 1.90 bits per heavy atom. The summed E-state index contributed by atoms with van der Waals surface area (Å²) in [6.45, 7) is 7.89.